The summed E-state index contributed by atoms with van der Waals surface area (Å²) in [7, 11) is -1.77. The third-order valence-corrected chi connectivity index (χ3v) is 5.48. The molecule has 1 aromatic rings. The number of rotatable bonds is 4. The Bertz CT molecular complexity index is 463. The van der Waals surface area contributed by atoms with Crippen molar-refractivity contribution in [3.05, 3.63) is 12.5 Å². The van der Waals surface area contributed by atoms with Crippen molar-refractivity contribution in [2.24, 2.45) is 0 Å². The molecule has 102 valence electrons. The van der Waals surface area contributed by atoms with Crippen LogP contribution in [0.2, 0.25) is 0 Å². The molecule has 0 bridgehead atoms. The predicted molar refractivity (Wildman–Crippen MR) is 68.7 cm³/mol. The lowest BCUT2D eigenvalue weighted by Crippen LogP contribution is -2.45. The third kappa shape index (κ3) is 2.57. The highest BCUT2D eigenvalue weighted by Gasteiger charge is 2.31. The second-order valence-corrected chi connectivity index (χ2v) is 6.57. The van der Waals surface area contributed by atoms with Crippen molar-refractivity contribution in [2.45, 2.75) is 30.8 Å². The lowest BCUT2D eigenvalue weighted by molar-refractivity contribution is 0.176. The molecule has 6 nitrogen and oxygen atoms in total. The van der Waals surface area contributed by atoms with Crippen molar-refractivity contribution in [1.29, 1.82) is 0 Å². The predicted octanol–water partition coefficient (Wildman–Crippen LogP) is 0.514. The number of likely N-dealkylation sites (tertiary alicyclic amines) is 1. The molecular formula is C11H20N4O2S. The number of piperidine rings is 1. The van der Waals surface area contributed by atoms with Crippen LogP contribution in [0, 0.1) is 0 Å². The molecule has 0 unspecified atom stereocenters. The average Bonchev–Trinajstić information content (AvgIpc) is 2.92. The molecule has 1 aliphatic heterocycles. The standard InChI is InChI=1S/C11H20N4O2S/c1-3-15-6-4-10(5-7-15)14(2)18(16,17)11-8-12-9-13-11/h8-10H,3-7H2,1-2H3,(H,12,13). The number of nitrogens with one attached hydrogen (secondary N) is 1. The number of aromatic nitrogens is 2. The van der Waals surface area contributed by atoms with E-state index in [-0.39, 0.29) is 11.1 Å². The van der Waals surface area contributed by atoms with E-state index in [1.807, 2.05) is 0 Å². The average molecular weight is 272 g/mol. The molecule has 0 aromatic carbocycles. The normalized spacial score (nSPS) is 19.5. The first-order valence-corrected chi connectivity index (χ1v) is 7.68. The van der Waals surface area contributed by atoms with Crippen LogP contribution in [0.3, 0.4) is 0 Å². The van der Waals surface area contributed by atoms with Crippen LogP contribution in [-0.2, 0) is 10.0 Å². The molecule has 0 atom stereocenters. The first-order chi connectivity index (χ1) is 8.55. The van der Waals surface area contributed by atoms with Crippen LogP contribution < -0.4 is 0 Å². The Balaban J connectivity index is 2.06. The molecule has 2 rings (SSSR count). The van der Waals surface area contributed by atoms with Gasteiger partial charge in [0.25, 0.3) is 10.0 Å². The molecule has 7 heteroatoms. The molecule has 2 heterocycles. The fourth-order valence-electron chi connectivity index (χ4n) is 2.33. The molecule has 0 amide bonds. The fraction of sp³-hybridized carbons (Fsp3) is 0.727. The molecule has 1 aliphatic rings. The topological polar surface area (TPSA) is 69.3 Å². The van der Waals surface area contributed by atoms with E-state index < -0.39 is 10.0 Å². The molecular weight excluding hydrogens is 252 g/mol. The first-order valence-electron chi connectivity index (χ1n) is 6.24. The Kier molecular flexibility index (Phi) is 4.04. The summed E-state index contributed by atoms with van der Waals surface area (Å²) in [4.78, 5) is 8.78. The maximum absolute atomic E-state index is 12.3. The molecule has 1 N–H and O–H groups in total. The smallest absolute Gasteiger partial charge is 0.260 e. The monoisotopic (exact) mass is 272 g/mol. The van der Waals surface area contributed by atoms with Crippen molar-refractivity contribution >= 4 is 10.0 Å². The number of hydrogen-bond donors (Lipinski definition) is 1. The zero-order chi connectivity index (χ0) is 13.2. The molecule has 0 aliphatic carbocycles. The Hall–Kier alpha value is -0.920. The number of imidazole rings is 1. The zero-order valence-electron chi connectivity index (χ0n) is 10.8. The van der Waals surface area contributed by atoms with Crippen LogP contribution in [0.15, 0.2) is 17.6 Å². The van der Waals surface area contributed by atoms with E-state index in [0.717, 1.165) is 32.5 Å². The summed E-state index contributed by atoms with van der Waals surface area (Å²) < 4.78 is 26.0. The van der Waals surface area contributed by atoms with Gasteiger partial charge in [-0.05, 0) is 32.5 Å². The number of H-pyrrole nitrogens is 1. The summed E-state index contributed by atoms with van der Waals surface area (Å²) in [6.45, 7) is 5.09. The van der Waals surface area contributed by atoms with Gasteiger partial charge in [0.2, 0.25) is 0 Å². The van der Waals surface area contributed by atoms with E-state index in [0.29, 0.717) is 0 Å². The fourth-order valence-corrected chi connectivity index (χ4v) is 3.64. The third-order valence-electron chi connectivity index (χ3n) is 3.65. The van der Waals surface area contributed by atoms with Gasteiger partial charge in [-0.3, -0.25) is 0 Å². The van der Waals surface area contributed by atoms with Crippen LogP contribution in [-0.4, -0.2) is 60.3 Å². The highest BCUT2D eigenvalue weighted by Crippen LogP contribution is 2.21. The summed E-state index contributed by atoms with van der Waals surface area (Å²) in [6, 6.07) is 0.0844. The molecule has 0 saturated carbocycles. The first kappa shape index (κ1) is 13.5. The minimum Gasteiger partial charge on any atom is -0.335 e. The largest absolute Gasteiger partial charge is 0.335 e. The molecule has 1 fully saturated rings. The molecule has 0 spiro atoms. The van der Waals surface area contributed by atoms with Crippen LogP contribution in [0.5, 0.6) is 0 Å². The molecule has 1 saturated heterocycles. The zero-order valence-corrected chi connectivity index (χ0v) is 11.7. The highest BCUT2D eigenvalue weighted by atomic mass is 32.2. The van der Waals surface area contributed by atoms with Gasteiger partial charge in [0.1, 0.15) is 0 Å². The van der Waals surface area contributed by atoms with Crippen molar-refractivity contribution in [1.82, 2.24) is 19.2 Å². The van der Waals surface area contributed by atoms with Gasteiger partial charge in [0, 0.05) is 13.1 Å². The minimum atomic E-state index is -3.42. The number of hydrogen-bond acceptors (Lipinski definition) is 4. The lowest BCUT2D eigenvalue weighted by Gasteiger charge is -2.35. The number of sulfonamides is 1. The molecule has 0 radical (unpaired) electrons. The van der Waals surface area contributed by atoms with E-state index in [1.54, 1.807) is 7.05 Å². The van der Waals surface area contributed by atoms with Crippen LogP contribution >= 0.6 is 0 Å². The van der Waals surface area contributed by atoms with Crippen LogP contribution in [0.4, 0.5) is 0 Å². The second kappa shape index (κ2) is 5.38. The summed E-state index contributed by atoms with van der Waals surface area (Å²) in [5, 5.41) is 0.169. The summed E-state index contributed by atoms with van der Waals surface area (Å²) in [5.74, 6) is 0. The summed E-state index contributed by atoms with van der Waals surface area (Å²) in [5.41, 5.74) is 0. The van der Waals surface area contributed by atoms with Gasteiger partial charge in [0.15, 0.2) is 5.03 Å². The van der Waals surface area contributed by atoms with Crippen molar-refractivity contribution in [3.8, 4) is 0 Å². The minimum absolute atomic E-state index is 0.0844. The summed E-state index contributed by atoms with van der Waals surface area (Å²) in [6.07, 6.45) is 4.52. The van der Waals surface area contributed by atoms with Crippen LogP contribution in [0.25, 0.3) is 0 Å². The van der Waals surface area contributed by atoms with E-state index in [2.05, 4.69) is 21.8 Å². The van der Waals surface area contributed by atoms with Crippen LogP contribution in [0.1, 0.15) is 19.8 Å². The Morgan fingerprint density at radius 1 is 1.50 bits per heavy atom. The van der Waals surface area contributed by atoms with E-state index in [1.165, 1.54) is 16.8 Å². The Labute approximate surface area is 108 Å². The van der Waals surface area contributed by atoms with Crippen molar-refractivity contribution in [2.75, 3.05) is 26.7 Å². The van der Waals surface area contributed by atoms with E-state index in [4.69, 9.17) is 0 Å². The van der Waals surface area contributed by atoms with Crippen molar-refractivity contribution in [3.63, 3.8) is 0 Å². The SMILES string of the molecule is CCN1CCC(N(C)S(=O)(=O)c2cnc[nH]2)CC1. The number of nitrogens with zero attached hydrogens (tertiary/aromatic N) is 3. The maximum atomic E-state index is 12.3. The highest BCUT2D eigenvalue weighted by molar-refractivity contribution is 7.89. The quantitative estimate of drug-likeness (QED) is 0.867. The van der Waals surface area contributed by atoms with Gasteiger partial charge >= 0.3 is 0 Å². The molecule has 18 heavy (non-hydrogen) atoms. The van der Waals surface area contributed by atoms with Gasteiger partial charge in [0.05, 0.1) is 12.5 Å². The van der Waals surface area contributed by atoms with E-state index in [9.17, 15) is 8.42 Å². The maximum Gasteiger partial charge on any atom is 0.260 e. The van der Waals surface area contributed by atoms with Gasteiger partial charge in [-0.15, -0.1) is 0 Å². The van der Waals surface area contributed by atoms with Gasteiger partial charge in [-0.2, -0.15) is 4.31 Å². The van der Waals surface area contributed by atoms with Crippen molar-refractivity contribution < 1.29 is 8.42 Å². The Morgan fingerprint density at radius 2 is 2.17 bits per heavy atom. The number of aromatic amines is 1. The van der Waals surface area contributed by atoms with Gasteiger partial charge < -0.3 is 9.88 Å². The lowest BCUT2D eigenvalue weighted by atomic mass is 10.1. The second-order valence-electron chi connectivity index (χ2n) is 4.60. The molecule has 1 aromatic heterocycles. The summed E-state index contributed by atoms with van der Waals surface area (Å²) >= 11 is 0. The van der Waals surface area contributed by atoms with E-state index >= 15 is 0 Å². The van der Waals surface area contributed by atoms with Gasteiger partial charge in [-0.1, -0.05) is 6.92 Å². The Morgan fingerprint density at radius 3 is 2.67 bits per heavy atom. The van der Waals surface area contributed by atoms with Gasteiger partial charge in [-0.25, -0.2) is 13.4 Å².